The van der Waals surface area contributed by atoms with Gasteiger partial charge in [-0.1, -0.05) is 0 Å². The predicted octanol–water partition coefficient (Wildman–Crippen LogP) is 2.56. The Bertz CT molecular complexity index is 1050. The summed E-state index contributed by atoms with van der Waals surface area (Å²) in [5, 5.41) is 5.79. The Balaban J connectivity index is 1.45. The number of nitrogens with one attached hydrogen (secondary N) is 2. The lowest BCUT2D eigenvalue weighted by Crippen LogP contribution is -2.45. The van der Waals surface area contributed by atoms with Gasteiger partial charge in [-0.2, -0.15) is 0 Å². The van der Waals surface area contributed by atoms with Gasteiger partial charge in [0, 0.05) is 42.9 Å². The van der Waals surface area contributed by atoms with Crippen molar-refractivity contribution in [2.24, 2.45) is 0 Å². The Labute approximate surface area is 193 Å². The van der Waals surface area contributed by atoms with Crippen molar-refractivity contribution < 1.29 is 14.3 Å². The molecule has 2 aromatic rings. The van der Waals surface area contributed by atoms with Gasteiger partial charge in [0.15, 0.2) is 5.82 Å². The van der Waals surface area contributed by atoms with E-state index in [1.165, 1.54) is 0 Å². The molecule has 2 N–H and O–H groups in total. The molecular formula is C24H30N6O3. The molecule has 3 aliphatic rings. The van der Waals surface area contributed by atoms with E-state index in [0.717, 1.165) is 54.1 Å². The van der Waals surface area contributed by atoms with Crippen LogP contribution in [0.1, 0.15) is 37.9 Å². The number of urea groups is 1. The van der Waals surface area contributed by atoms with E-state index >= 15 is 0 Å². The standard InChI is InChI=1S/C24H30N6O3/c1-15-14-33-12-11-30(15)23-20-9-10-29(16(2)31)13-21(20)27-22(28-23)17-3-5-18(6-4-17)25-24(32)26-19-7-8-19/h3-6,15,19H,7-14H2,1-2H3,(H2,25,26,32). The maximum Gasteiger partial charge on any atom is 0.319 e. The minimum Gasteiger partial charge on any atom is -0.377 e. The smallest absolute Gasteiger partial charge is 0.319 e. The van der Waals surface area contributed by atoms with E-state index in [-0.39, 0.29) is 18.0 Å². The molecule has 3 heterocycles. The van der Waals surface area contributed by atoms with Crippen molar-refractivity contribution in [1.82, 2.24) is 20.2 Å². The number of fused-ring (bicyclic) bond motifs is 1. The molecule has 9 heteroatoms. The van der Waals surface area contributed by atoms with Crippen molar-refractivity contribution in [2.45, 2.75) is 51.7 Å². The molecular weight excluding hydrogens is 420 g/mol. The topological polar surface area (TPSA) is 99.7 Å². The number of anilines is 2. The number of nitrogens with zero attached hydrogens (tertiary/aromatic N) is 4. The molecule has 2 aliphatic heterocycles. The second-order valence-corrected chi connectivity index (χ2v) is 9.05. The summed E-state index contributed by atoms with van der Waals surface area (Å²) in [6.07, 6.45) is 2.84. The summed E-state index contributed by atoms with van der Waals surface area (Å²) < 4.78 is 5.64. The highest BCUT2D eigenvalue weighted by Gasteiger charge is 2.29. The molecule has 174 valence electrons. The fraction of sp³-hybridized carbons (Fsp3) is 0.500. The lowest BCUT2D eigenvalue weighted by atomic mass is 10.0. The Morgan fingerprint density at radius 2 is 1.91 bits per heavy atom. The maximum absolute atomic E-state index is 12.0. The van der Waals surface area contributed by atoms with E-state index in [2.05, 4.69) is 22.5 Å². The summed E-state index contributed by atoms with van der Waals surface area (Å²) >= 11 is 0. The van der Waals surface area contributed by atoms with E-state index in [0.29, 0.717) is 38.2 Å². The summed E-state index contributed by atoms with van der Waals surface area (Å²) in [4.78, 5) is 38.0. The number of hydrogen-bond acceptors (Lipinski definition) is 6. The largest absolute Gasteiger partial charge is 0.377 e. The van der Waals surface area contributed by atoms with Gasteiger partial charge in [-0.15, -0.1) is 0 Å². The number of aromatic nitrogens is 2. The molecule has 1 aromatic carbocycles. The first-order valence-electron chi connectivity index (χ1n) is 11.7. The second kappa shape index (κ2) is 8.97. The van der Waals surface area contributed by atoms with Crippen molar-refractivity contribution in [2.75, 3.05) is 36.5 Å². The molecule has 2 fully saturated rings. The SMILES string of the molecule is CC(=O)N1CCc2c(nc(-c3ccc(NC(=O)NC4CC4)cc3)nc2N2CCOCC2C)C1. The minimum absolute atomic E-state index is 0.0574. The predicted molar refractivity (Wildman–Crippen MR) is 125 cm³/mol. The minimum atomic E-state index is -0.178. The van der Waals surface area contributed by atoms with Crippen LogP contribution in [-0.2, 0) is 22.5 Å². The summed E-state index contributed by atoms with van der Waals surface area (Å²) in [5.41, 5.74) is 3.62. The monoisotopic (exact) mass is 450 g/mol. The Hall–Kier alpha value is -3.20. The van der Waals surface area contributed by atoms with Crippen molar-refractivity contribution in [3.63, 3.8) is 0 Å². The van der Waals surface area contributed by atoms with Crippen LogP contribution in [0.2, 0.25) is 0 Å². The van der Waals surface area contributed by atoms with Crippen molar-refractivity contribution >= 4 is 23.4 Å². The molecule has 1 saturated heterocycles. The van der Waals surface area contributed by atoms with Gasteiger partial charge in [0.2, 0.25) is 5.91 Å². The summed E-state index contributed by atoms with van der Waals surface area (Å²) in [6.45, 7) is 7.03. The van der Waals surface area contributed by atoms with E-state index in [9.17, 15) is 9.59 Å². The molecule has 1 aromatic heterocycles. The Morgan fingerprint density at radius 3 is 2.61 bits per heavy atom. The quantitative estimate of drug-likeness (QED) is 0.743. The van der Waals surface area contributed by atoms with Crippen LogP contribution in [0, 0.1) is 0 Å². The summed E-state index contributed by atoms with van der Waals surface area (Å²) in [7, 11) is 0. The molecule has 3 amide bonds. The fourth-order valence-electron chi connectivity index (χ4n) is 4.37. The molecule has 1 saturated carbocycles. The van der Waals surface area contributed by atoms with Crippen LogP contribution in [0.15, 0.2) is 24.3 Å². The molecule has 0 radical (unpaired) electrons. The number of hydrogen-bond donors (Lipinski definition) is 2. The highest BCUT2D eigenvalue weighted by molar-refractivity contribution is 5.89. The molecule has 33 heavy (non-hydrogen) atoms. The van der Waals surface area contributed by atoms with E-state index in [1.807, 2.05) is 29.2 Å². The zero-order chi connectivity index (χ0) is 22.9. The third kappa shape index (κ3) is 4.78. The Morgan fingerprint density at radius 1 is 1.12 bits per heavy atom. The fourth-order valence-corrected chi connectivity index (χ4v) is 4.37. The highest BCUT2D eigenvalue weighted by Crippen LogP contribution is 2.31. The van der Waals surface area contributed by atoms with E-state index < -0.39 is 0 Å². The molecule has 1 aliphatic carbocycles. The van der Waals surface area contributed by atoms with Gasteiger partial charge in [0.25, 0.3) is 0 Å². The van der Waals surface area contributed by atoms with Crippen LogP contribution in [-0.4, -0.2) is 65.2 Å². The first-order valence-corrected chi connectivity index (χ1v) is 11.7. The van der Waals surface area contributed by atoms with Gasteiger partial charge in [0.1, 0.15) is 5.82 Å². The summed E-state index contributed by atoms with van der Waals surface area (Å²) in [6, 6.07) is 7.92. The normalized spacial score (nSPS) is 20.2. The van der Waals surface area contributed by atoms with Crippen molar-refractivity contribution in [1.29, 1.82) is 0 Å². The number of ether oxygens (including phenoxy) is 1. The molecule has 1 unspecified atom stereocenters. The van der Waals surface area contributed by atoms with Crippen molar-refractivity contribution in [3.8, 4) is 11.4 Å². The van der Waals surface area contributed by atoms with Gasteiger partial charge >= 0.3 is 6.03 Å². The molecule has 0 spiro atoms. The average molecular weight is 451 g/mol. The van der Waals surface area contributed by atoms with Gasteiger partial charge in [0.05, 0.1) is 31.5 Å². The van der Waals surface area contributed by atoms with E-state index in [1.54, 1.807) is 6.92 Å². The molecule has 5 rings (SSSR count). The lowest BCUT2D eigenvalue weighted by molar-refractivity contribution is -0.129. The van der Waals surface area contributed by atoms with E-state index in [4.69, 9.17) is 14.7 Å². The van der Waals surface area contributed by atoms with Crippen LogP contribution in [0.5, 0.6) is 0 Å². The third-order valence-electron chi connectivity index (χ3n) is 6.44. The van der Waals surface area contributed by atoms with Crippen LogP contribution < -0.4 is 15.5 Å². The number of carbonyl (C=O) groups excluding carboxylic acids is 2. The van der Waals surface area contributed by atoms with Crippen LogP contribution in [0.4, 0.5) is 16.3 Å². The van der Waals surface area contributed by atoms with Crippen LogP contribution >= 0.6 is 0 Å². The zero-order valence-electron chi connectivity index (χ0n) is 19.1. The number of rotatable bonds is 4. The number of carbonyl (C=O) groups is 2. The second-order valence-electron chi connectivity index (χ2n) is 9.05. The van der Waals surface area contributed by atoms with Crippen LogP contribution in [0.25, 0.3) is 11.4 Å². The van der Waals surface area contributed by atoms with Crippen LogP contribution in [0.3, 0.4) is 0 Å². The molecule has 1 atom stereocenters. The summed E-state index contributed by atoms with van der Waals surface area (Å²) in [5.74, 6) is 1.63. The first-order chi connectivity index (χ1) is 16.0. The molecule has 0 bridgehead atoms. The number of benzene rings is 1. The molecule has 9 nitrogen and oxygen atoms in total. The van der Waals surface area contributed by atoms with Gasteiger partial charge in [-0.3, -0.25) is 4.79 Å². The Kier molecular flexibility index (Phi) is 5.88. The third-order valence-corrected chi connectivity index (χ3v) is 6.44. The zero-order valence-corrected chi connectivity index (χ0v) is 19.1. The van der Waals surface area contributed by atoms with Gasteiger partial charge < -0.3 is 25.2 Å². The number of amides is 3. The lowest BCUT2D eigenvalue weighted by Gasteiger charge is -2.37. The van der Waals surface area contributed by atoms with Gasteiger partial charge in [-0.05, 0) is 50.5 Å². The number of morpholine rings is 1. The average Bonchev–Trinajstić information content (AvgIpc) is 3.62. The first kappa shape index (κ1) is 21.6. The van der Waals surface area contributed by atoms with Gasteiger partial charge in [-0.25, -0.2) is 14.8 Å². The maximum atomic E-state index is 12.0. The highest BCUT2D eigenvalue weighted by atomic mass is 16.5. The van der Waals surface area contributed by atoms with Crippen molar-refractivity contribution in [3.05, 3.63) is 35.5 Å².